The van der Waals surface area contributed by atoms with E-state index in [1.165, 1.54) is 6.26 Å². The lowest BCUT2D eigenvalue weighted by molar-refractivity contribution is 0.0754. The Morgan fingerprint density at radius 2 is 2.21 bits per heavy atom. The summed E-state index contributed by atoms with van der Waals surface area (Å²) in [6, 6.07) is 0. The molecule has 7 heteroatoms. The lowest BCUT2D eigenvalue weighted by Crippen LogP contribution is -2.32. The van der Waals surface area contributed by atoms with Crippen LogP contribution in [0.3, 0.4) is 0 Å². The van der Waals surface area contributed by atoms with Crippen molar-refractivity contribution in [2.24, 2.45) is 5.92 Å². The normalized spacial score (nSPS) is 18.2. The summed E-state index contributed by atoms with van der Waals surface area (Å²) in [5.74, 6) is 1.79. The zero-order valence-corrected chi connectivity index (χ0v) is 14.2. The molecule has 1 fully saturated rings. The van der Waals surface area contributed by atoms with Gasteiger partial charge in [0.2, 0.25) is 0 Å². The van der Waals surface area contributed by atoms with Crippen LogP contribution < -0.4 is 5.32 Å². The number of carbonyl (C=O) groups is 1. The van der Waals surface area contributed by atoms with Crippen LogP contribution in [0.2, 0.25) is 0 Å². The Hall–Kier alpha value is -2.44. The molecule has 24 heavy (non-hydrogen) atoms. The molecule has 1 N–H and O–H groups in total. The molecule has 1 aliphatic heterocycles. The Labute approximate surface area is 141 Å². The van der Waals surface area contributed by atoms with Gasteiger partial charge in [-0.05, 0) is 31.6 Å². The summed E-state index contributed by atoms with van der Waals surface area (Å²) < 4.78 is 5.15. The van der Waals surface area contributed by atoms with E-state index in [1.807, 2.05) is 18.1 Å². The van der Waals surface area contributed by atoms with Crippen molar-refractivity contribution in [3.8, 4) is 0 Å². The highest BCUT2D eigenvalue weighted by molar-refractivity contribution is 5.92. The molecule has 0 saturated carbocycles. The SMILES string of the molecule is CNc1cnc(CC2CCCN(C(=O)c3coc(C)n3)CC2)cn1. The van der Waals surface area contributed by atoms with E-state index in [-0.39, 0.29) is 5.91 Å². The maximum absolute atomic E-state index is 12.5. The number of hydrogen-bond donors (Lipinski definition) is 1. The molecule has 0 aliphatic carbocycles. The van der Waals surface area contributed by atoms with E-state index in [0.29, 0.717) is 17.5 Å². The lowest BCUT2D eigenvalue weighted by atomic mass is 9.95. The molecule has 0 bridgehead atoms. The second-order valence-electron chi connectivity index (χ2n) is 6.19. The van der Waals surface area contributed by atoms with Gasteiger partial charge in [0.15, 0.2) is 11.6 Å². The summed E-state index contributed by atoms with van der Waals surface area (Å²) in [5, 5.41) is 2.97. The van der Waals surface area contributed by atoms with Crippen molar-refractivity contribution in [3.63, 3.8) is 0 Å². The number of rotatable bonds is 4. The summed E-state index contributed by atoms with van der Waals surface area (Å²) >= 11 is 0. The van der Waals surface area contributed by atoms with Gasteiger partial charge in [0.05, 0.1) is 18.1 Å². The van der Waals surface area contributed by atoms with E-state index in [4.69, 9.17) is 4.42 Å². The van der Waals surface area contributed by atoms with E-state index in [1.54, 1.807) is 13.1 Å². The zero-order valence-electron chi connectivity index (χ0n) is 14.2. The Kier molecular flexibility index (Phi) is 5.08. The lowest BCUT2D eigenvalue weighted by Gasteiger charge is -2.19. The Bertz CT molecular complexity index is 683. The van der Waals surface area contributed by atoms with Crippen LogP contribution in [0.5, 0.6) is 0 Å². The standard InChI is InChI=1S/C17H23N5O2/c1-12-21-15(11-24-12)17(23)22-6-3-4-13(5-7-22)8-14-9-20-16(18-2)10-19-14/h9-11,13H,3-8H2,1-2H3,(H,18,20). The van der Waals surface area contributed by atoms with Crippen LogP contribution >= 0.6 is 0 Å². The number of hydrogen-bond acceptors (Lipinski definition) is 6. The van der Waals surface area contributed by atoms with Gasteiger partial charge in [-0.2, -0.15) is 0 Å². The largest absolute Gasteiger partial charge is 0.448 e. The highest BCUT2D eigenvalue weighted by Gasteiger charge is 2.23. The number of amides is 1. The number of anilines is 1. The first-order valence-electron chi connectivity index (χ1n) is 8.36. The van der Waals surface area contributed by atoms with Crippen molar-refractivity contribution in [1.82, 2.24) is 19.9 Å². The fourth-order valence-corrected chi connectivity index (χ4v) is 3.08. The first-order valence-corrected chi connectivity index (χ1v) is 8.36. The molecule has 3 rings (SSSR count). The molecule has 1 atom stereocenters. The number of aryl methyl sites for hydroxylation is 1. The Morgan fingerprint density at radius 1 is 1.33 bits per heavy atom. The fourth-order valence-electron chi connectivity index (χ4n) is 3.08. The fraction of sp³-hybridized carbons (Fsp3) is 0.529. The van der Waals surface area contributed by atoms with Crippen LogP contribution in [0, 0.1) is 12.8 Å². The molecular formula is C17H23N5O2. The van der Waals surface area contributed by atoms with Gasteiger partial charge in [0, 0.05) is 27.1 Å². The molecule has 2 aromatic heterocycles. The van der Waals surface area contributed by atoms with Crippen LogP contribution in [0.4, 0.5) is 5.82 Å². The number of carbonyl (C=O) groups excluding carboxylic acids is 1. The number of oxazole rings is 1. The van der Waals surface area contributed by atoms with Gasteiger partial charge >= 0.3 is 0 Å². The number of aromatic nitrogens is 3. The van der Waals surface area contributed by atoms with Crippen molar-refractivity contribution in [2.75, 3.05) is 25.5 Å². The van der Waals surface area contributed by atoms with Crippen LogP contribution in [-0.2, 0) is 6.42 Å². The summed E-state index contributed by atoms with van der Waals surface area (Å²) in [6.07, 6.45) is 9.00. The van der Waals surface area contributed by atoms with Gasteiger partial charge in [-0.3, -0.25) is 9.78 Å². The van der Waals surface area contributed by atoms with Crippen LogP contribution in [0.25, 0.3) is 0 Å². The molecule has 0 radical (unpaired) electrons. The van der Waals surface area contributed by atoms with E-state index >= 15 is 0 Å². The van der Waals surface area contributed by atoms with Crippen molar-refractivity contribution in [3.05, 3.63) is 35.9 Å². The highest BCUT2D eigenvalue weighted by atomic mass is 16.3. The first-order chi connectivity index (χ1) is 11.7. The molecule has 0 spiro atoms. The average molecular weight is 329 g/mol. The minimum atomic E-state index is -0.0364. The summed E-state index contributed by atoms with van der Waals surface area (Å²) in [6.45, 7) is 3.26. The van der Waals surface area contributed by atoms with E-state index < -0.39 is 0 Å². The third-order valence-corrected chi connectivity index (χ3v) is 4.43. The van der Waals surface area contributed by atoms with Crippen LogP contribution in [0.15, 0.2) is 23.1 Å². The van der Waals surface area contributed by atoms with Gasteiger partial charge in [0.25, 0.3) is 5.91 Å². The van der Waals surface area contributed by atoms with Gasteiger partial charge < -0.3 is 14.6 Å². The van der Waals surface area contributed by atoms with Crippen molar-refractivity contribution in [1.29, 1.82) is 0 Å². The number of likely N-dealkylation sites (tertiary alicyclic amines) is 1. The van der Waals surface area contributed by atoms with Crippen molar-refractivity contribution in [2.45, 2.75) is 32.6 Å². The zero-order chi connectivity index (χ0) is 16.9. The van der Waals surface area contributed by atoms with Crippen molar-refractivity contribution < 1.29 is 9.21 Å². The van der Waals surface area contributed by atoms with Gasteiger partial charge in [0.1, 0.15) is 12.1 Å². The maximum Gasteiger partial charge on any atom is 0.275 e. The second kappa shape index (κ2) is 7.42. The average Bonchev–Trinajstić information content (AvgIpc) is 2.90. The summed E-state index contributed by atoms with van der Waals surface area (Å²) in [4.78, 5) is 27.3. The molecule has 7 nitrogen and oxygen atoms in total. The smallest absolute Gasteiger partial charge is 0.275 e. The molecule has 1 saturated heterocycles. The van der Waals surface area contributed by atoms with Crippen LogP contribution in [0.1, 0.15) is 41.3 Å². The van der Waals surface area contributed by atoms with Gasteiger partial charge in [-0.25, -0.2) is 9.97 Å². The molecule has 1 amide bonds. The highest BCUT2D eigenvalue weighted by Crippen LogP contribution is 2.22. The minimum Gasteiger partial charge on any atom is -0.448 e. The third kappa shape index (κ3) is 3.90. The number of nitrogens with one attached hydrogen (secondary N) is 1. The maximum atomic E-state index is 12.5. The molecule has 1 unspecified atom stereocenters. The molecular weight excluding hydrogens is 306 g/mol. The van der Waals surface area contributed by atoms with E-state index in [2.05, 4.69) is 20.3 Å². The van der Waals surface area contributed by atoms with Gasteiger partial charge in [-0.15, -0.1) is 0 Å². The topological polar surface area (TPSA) is 84.2 Å². The van der Waals surface area contributed by atoms with Crippen LogP contribution in [-0.4, -0.2) is 45.9 Å². The monoisotopic (exact) mass is 329 g/mol. The predicted molar refractivity (Wildman–Crippen MR) is 89.8 cm³/mol. The minimum absolute atomic E-state index is 0.0364. The number of nitrogens with zero attached hydrogens (tertiary/aromatic N) is 4. The van der Waals surface area contributed by atoms with E-state index in [9.17, 15) is 4.79 Å². The molecule has 1 aliphatic rings. The first kappa shape index (κ1) is 16.4. The summed E-state index contributed by atoms with van der Waals surface area (Å²) in [5.41, 5.74) is 1.41. The third-order valence-electron chi connectivity index (χ3n) is 4.43. The van der Waals surface area contributed by atoms with Crippen molar-refractivity contribution >= 4 is 11.7 Å². The summed E-state index contributed by atoms with van der Waals surface area (Å²) in [7, 11) is 1.83. The van der Waals surface area contributed by atoms with E-state index in [0.717, 1.165) is 50.3 Å². The van der Waals surface area contributed by atoms with Gasteiger partial charge in [-0.1, -0.05) is 0 Å². The molecule has 3 heterocycles. The predicted octanol–water partition coefficient (Wildman–Crippen LogP) is 2.30. The molecule has 0 aromatic carbocycles. The quantitative estimate of drug-likeness (QED) is 0.926. The Morgan fingerprint density at radius 3 is 2.88 bits per heavy atom. The second-order valence-corrected chi connectivity index (χ2v) is 6.19. The molecule has 128 valence electrons. The Balaban J connectivity index is 1.57. The molecule has 2 aromatic rings.